The van der Waals surface area contributed by atoms with Crippen LogP contribution in [0.5, 0.6) is 0 Å². The van der Waals surface area contributed by atoms with Crippen molar-refractivity contribution in [2.24, 2.45) is 0 Å². The summed E-state index contributed by atoms with van der Waals surface area (Å²) < 4.78 is 0. The number of anilines is 6. The number of benzene rings is 11. The standard InChI is InChI=1S/C68H49BN2/c1-48-44-65-67-66(45-48)71(60-40-36-58(37-41-60)68(55-26-14-5-15-27-55,56-28-16-6-17-29-56)57-30-18-7-19-31-57)64-43-35-54(51-24-12-4-13-25-51)47-62(64)69(67)61-46-53(50-22-10-3-11-23-50)34-42-63(61)70(65)59-38-32-52(33-39-59)49-20-8-2-9-21-49/h2-47H,1H3. The second kappa shape index (κ2) is 17.6. The summed E-state index contributed by atoms with van der Waals surface area (Å²) in [4.78, 5) is 5.05. The zero-order chi connectivity index (χ0) is 47.3. The Morgan fingerprint density at radius 1 is 0.282 bits per heavy atom. The van der Waals surface area contributed by atoms with Crippen LogP contribution in [0.4, 0.5) is 34.1 Å². The monoisotopic (exact) mass is 904 g/mol. The van der Waals surface area contributed by atoms with Crippen molar-refractivity contribution >= 4 is 57.2 Å². The molecule has 2 heterocycles. The highest BCUT2D eigenvalue weighted by Crippen LogP contribution is 2.49. The Morgan fingerprint density at radius 3 is 0.986 bits per heavy atom. The topological polar surface area (TPSA) is 6.48 Å². The van der Waals surface area contributed by atoms with Gasteiger partial charge < -0.3 is 9.80 Å². The SMILES string of the molecule is Cc1cc2c3c(c1)N(c1ccc(C(c4ccccc4)(c4ccccc4)c4ccccc4)cc1)c1ccc(-c4ccccc4)cc1B3c1cc(-c3ccccc3)ccc1N2c1ccc(-c2ccccc2)cc1. The number of hydrogen-bond donors (Lipinski definition) is 0. The van der Waals surface area contributed by atoms with Gasteiger partial charge in [-0.2, -0.15) is 0 Å². The normalized spacial score (nSPS) is 12.5. The first-order chi connectivity index (χ1) is 35.1. The number of rotatable bonds is 9. The molecule has 11 aromatic carbocycles. The van der Waals surface area contributed by atoms with Crippen LogP contribution in [-0.2, 0) is 5.41 Å². The Hall–Kier alpha value is -8.92. The Morgan fingerprint density at radius 2 is 0.592 bits per heavy atom. The summed E-state index contributed by atoms with van der Waals surface area (Å²) in [6, 6.07) is 103. The second-order valence-corrected chi connectivity index (χ2v) is 18.9. The first-order valence-electron chi connectivity index (χ1n) is 24.7. The second-order valence-electron chi connectivity index (χ2n) is 18.9. The average Bonchev–Trinajstić information content (AvgIpc) is 3.45. The lowest BCUT2D eigenvalue weighted by molar-refractivity contribution is 0.745. The molecule has 0 spiro atoms. The molecule has 71 heavy (non-hydrogen) atoms. The maximum atomic E-state index is 2.54. The zero-order valence-corrected chi connectivity index (χ0v) is 39.5. The van der Waals surface area contributed by atoms with Crippen molar-refractivity contribution in [1.29, 1.82) is 0 Å². The summed E-state index contributed by atoms with van der Waals surface area (Å²) in [5.74, 6) is 0. The number of aryl methyl sites for hydroxylation is 1. The third-order valence-electron chi connectivity index (χ3n) is 14.8. The van der Waals surface area contributed by atoms with Gasteiger partial charge in [0.1, 0.15) is 0 Å². The van der Waals surface area contributed by atoms with Crippen molar-refractivity contribution in [1.82, 2.24) is 0 Å². The van der Waals surface area contributed by atoms with Crippen LogP contribution < -0.4 is 26.2 Å². The molecule has 0 aliphatic carbocycles. The van der Waals surface area contributed by atoms with Gasteiger partial charge in [0, 0.05) is 34.1 Å². The highest BCUT2D eigenvalue weighted by atomic mass is 15.2. The summed E-state index contributed by atoms with van der Waals surface area (Å²) in [5.41, 5.74) is 23.6. The van der Waals surface area contributed by atoms with Gasteiger partial charge in [-0.3, -0.25) is 0 Å². The zero-order valence-electron chi connectivity index (χ0n) is 39.5. The van der Waals surface area contributed by atoms with Crippen molar-refractivity contribution in [3.05, 3.63) is 307 Å². The minimum Gasteiger partial charge on any atom is -0.311 e. The van der Waals surface area contributed by atoms with Crippen molar-refractivity contribution < 1.29 is 0 Å². The molecule has 0 N–H and O–H groups in total. The molecule has 0 bridgehead atoms. The third-order valence-corrected chi connectivity index (χ3v) is 14.8. The first-order valence-corrected chi connectivity index (χ1v) is 24.7. The fraction of sp³-hybridized carbons (Fsp3) is 0.0294. The van der Waals surface area contributed by atoms with E-state index in [1.165, 1.54) is 100 Å². The van der Waals surface area contributed by atoms with Crippen molar-refractivity contribution in [2.75, 3.05) is 9.80 Å². The molecule has 2 aliphatic heterocycles. The fourth-order valence-electron chi connectivity index (χ4n) is 11.7. The van der Waals surface area contributed by atoms with E-state index >= 15 is 0 Å². The molecular formula is C68H49BN2. The average molecular weight is 905 g/mol. The highest BCUT2D eigenvalue weighted by Gasteiger charge is 2.44. The van der Waals surface area contributed by atoms with E-state index in [0.717, 1.165) is 11.4 Å². The smallest absolute Gasteiger partial charge is 0.252 e. The Labute approximate surface area is 417 Å². The van der Waals surface area contributed by atoms with Gasteiger partial charge >= 0.3 is 0 Å². The number of hydrogen-bond acceptors (Lipinski definition) is 2. The third kappa shape index (κ3) is 7.12. The van der Waals surface area contributed by atoms with E-state index in [0.29, 0.717) is 0 Å². The summed E-state index contributed by atoms with van der Waals surface area (Å²) in [6.45, 7) is 2.20. The lowest BCUT2D eigenvalue weighted by Gasteiger charge is -2.44. The van der Waals surface area contributed by atoms with Crippen LogP contribution in [0, 0.1) is 6.92 Å². The van der Waals surface area contributed by atoms with Crippen LogP contribution in [-0.4, -0.2) is 6.71 Å². The predicted octanol–water partition coefficient (Wildman–Crippen LogP) is 15.5. The lowest BCUT2D eigenvalue weighted by atomic mass is 9.33. The van der Waals surface area contributed by atoms with Gasteiger partial charge in [-0.05, 0) is 133 Å². The van der Waals surface area contributed by atoms with Gasteiger partial charge in [-0.15, -0.1) is 0 Å². The summed E-state index contributed by atoms with van der Waals surface area (Å²) in [5, 5.41) is 0. The number of nitrogens with zero attached hydrogens (tertiary/aromatic N) is 2. The van der Waals surface area contributed by atoms with Gasteiger partial charge in [-0.25, -0.2) is 0 Å². The maximum absolute atomic E-state index is 2.54. The van der Waals surface area contributed by atoms with Crippen LogP contribution >= 0.6 is 0 Å². The molecule has 0 saturated carbocycles. The van der Waals surface area contributed by atoms with Gasteiger partial charge in [0.05, 0.1) is 5.41 Å². The molecule has 0 amide bonds. The van der Waals surface area contributed by atoms with E-state index in [2.05, 4.69) is 296 Å². The van der Waals surface area contributed by atoms with Crippen molar-refractivity contribution in [2.45, 2.75) is 12.3 Å². The van der Waals surface area contributed by atoms with E-state index in [-0.39, 0.29) is 6.71 Å². The van der Waals surface area contributed by atoms with E-state index in [9.17, 15) is 0 Å². The molecule has 0 atom stereocenters. The van der Waals surface area contributed by atoms with Crippen LogP contribution in [0.2, 0.25) is 0 Å². The van der Waals surface area contributed by atoms with Gasteiger partial charge in [0.25, 0.3) is 6.71 Å². The largest absolute Gasteiger partial charge is 0.311 e. The molecule has 13 rings (SSSR count). The molecule has 0 fully saturated rings. The van der Waals surface area contributed by atoms with Gasteiger partial charge in [-0.1, -0.05) is 231 Å². The Bertz CT molecular complexity index is 3580. The molecule has 334 valence electrons. The summed E-state index contributed by atoms with van der Waals surface area (Å²) >= 11 is 0. The van der Waals surface area contributed by atoms with Crippen LogP contribution in [0.15, 0.2) is 279 Å². The summed E-state index contributed by atoms with van der Waals surface area (Å²) in [6.07, 6.45) is 0. The molecule has 3 heteroatoms. The van der Waals surface area contributed by atoms with Gasteiger partial charge in [0.15, 0.2) is 0 Å². The van der Waals surface area contributed by atoms with Crippen LogP contribution in [0.3, 0.4) is 0 Å². The maximum Gasteiger partial charge on any atom is 0.252 e. The molecule has 0 aromatic heterocycles. The number of fused-ring (bicyclic) bond motifs is 4. The first kappa shape index (κ1) is 42.2. The fourth-order valence-corrected chi connectivity index (χ4v) is 11.7. The Kier molecular flexibility index (Phi) is 10.4. The van der Waals surface area contributed by atoms with Gasteiger partial charge in [0.2, 0.25) is 0 Å². The molecular weight excluding hydrogens is 856 g/mol. The van der Waals surface area contributed by atoms with E-state index in [4.69, 9.17) is 0 Å². The van der Waals surface area contributed by atoms with E-state index in [1.807, 2.05) is 0 Å². The molecule has 0 radical (unpaired) electrons. The van der Waals surface area contributed by atoms with E-state index in [1.54, 1.807) is 0 Å². The minimum absolute atomic E-state index is 0.0461. The molecule has 0 unspecified atom stereocenters. The lowest BCUT2D eigenvalue weighted by Crippen LogP contribution is -2.61. The Balaban J connectivity index is 1.05. The minimum atomic E-state index is -0.559. The summed E-state index contributed by atoms with van der Waals surface area (Å²) in [7, 11) is 0. The van der Waals surface area contributed by atoms with Crippen molar-refractivity contribution in [3.63, 3.8) is 0 Å². The highest BCUT2D eigenvalue weighted by molar-refractivity contribution is 7.00. The predicted molar refractivity (Wildman–Crippen MR) is 300 cm³/mol. The quantitative estimate of drug-likeness (QED) is 0.105. The molecule has 2 nitrogen and oxygen atoms in total. The van der Waals surface area contributed by atoms with Crippen molar-refractivity contribution in [3.8, 4) is 33.4 Å². The van der Waals surface area contributed by atoms with Crippen LogP contribution in [0.25, 0.3) is 33.4 Å². The molecule has 0 saturated heterocycles. The molecule has 11 aromatic rings. The van der Waals surface area contributed by atoms with Crippen LogP contribution in [0.1, 0.15) is 27.8 Å². The molecule has 2 aliphatic rings. The van der Waals surface area contributed by atoms with E-state index < -0.39 is 5.41 Å².